The Hall–Kier alpha value is -1.20. The van der Waals surface area contributed by atoms with Gasteiger partial charge in [-0.3, -0.25) is 9.36 Å². The normalized spacial score (nSPS) is 12.7. The van der Waals surface area contributed by atoms with Crippen molar-refractivity contribution in [3.05, 3.63) is 29.7 Å². The summed E-state index contributed by atoms with van der Waals surface area (Å²) in [6, 6.07) is 1.69. The van der Waals surface area contributed by atoms with Gasteiger partial charge in [0.1, 0.15) is 11.1 Å². The lowest BCUT2D eigenvalue weighted by atomic mass is 10.2. The molecule has 0 aliphatic heterocycles. The maximum atomic E-state index is 12.9. The molecule has 0 spiro atoms. The molecule has 1 aromatic rings. The van der Waals surface area contributed by atoms with Crippen LogP contribution in [0.15, 0.2) is 22.8 Å². The van der Waals surface area contributed by atoms with E-state index in [1.165, 1.54) is 26.4 Å². The van der Waals surface area contributed by atoms with Crippen molar-refractivity contribution in [2.45, 2.75) is 27.4 Å². The molecule has 6 nitrogen and oxygen atoms in total. The van der Waals surface area contributed by atoms with Crippen LogP contribution >= 0.6 is 7.60 Å². The predicted molar refractivity (Wildman–Crippen MR) is 78.9 cm³/mol. The fraction of sp³-hybridized carbons (Fsp3) is 0.500. The lowest BCUT2D eigenvalue weighted by Crippen LogP contribution is -2.02. The van der Waals surface area contributed by atoms with Gasteiger partial charge < -0.3 is 18.2 Å². The summed E-state index contributed by atoms with van der Waals surface area (Å²) < 4.78 is 34.0. The highest BCUT2D eigenvalue weighted by molar-refractivity contribution is 7.65. The van der Waals surface area contributed by atoms with Gasteiger partial charge in [0.2, 0.25) is 0 Å². The highest BCUT2D eigenvalue weighted by atomic mass is 31.2. The molecule has 0 amide bonds. The van der Waals surface area contributed by atoms with Crippen LogP contribution in [-0.2, 0) is 29.8 Å². The maximum Gasteiger partial charge on any atom is 0.365 e. The Morgan fingerprint density at radius 1 is 1.33 bits per heavy atom. The van der Waals surface area contributed by atoms with Crippen molar-refractivity contribution in [3.63, 3.8) is 0 Å². The first-order valence-corrected chi connectivity index (χ1v) is 8.20. The summed E-state index contributed by atoms with van der Waals surface area (Å²) in [6.45, 7) is 5.41. The van der Waals surface area contributed by atoms with Crippen LogP contribution in [0, 0.1) is 0 Å². The topological polar surface area (TPSA) is 75.0 Å². The van der Waals surface area contributed by atoms with E-state index in [0.29, 0.717) is 5.56 Å². The Labute approximate surface area is 124 Å². The van der Waals surface area contributed by atoms with E-state index in [-0.39, 0.29) is 36.7 Å². The van der Waals surface area contributed by atoms with Crippen molar-refractivity contribution in [1.29, 1.82) is 0 Å². The molecule has 0 aliphatic carbocycles. The molecule has 118 valence electrons. The maximum absolute atomic E-state index is 12.9. The fourth-order valence-electron chi connectivity index (χ4n) is 1.81. The summed E-state index contributed by atoms with van der Waals surface area (Å²) in [6.07, 6.45) is 2.67. The van der Waals surface area contributed by atoms with Crippen molar-refractivity contribution in [1.82, 2.24) is 0 Å². The highest BCUT2D eigenvalue weighted by Crippen LogP contribution is 2.61. The molecule has 1 aromatic heterocycles. The van der Waals surface area contributed by atoms with E-state index in [9.17, 15) is 9.36 Å². The van der Waals surface area contributed by atoms with Crippen LogP contribution in [0.2, 0.25) is 0 Å². The van der Waals surface area contributed by atoms with Gasteiger partial charge in [-0.25, -0.2) is 0 Å². The number of rotatable bonds is 9. The molecular weight excluding hydrogens is 295 g/mol. The SMILES string of the molecule is CCOP(=O)(OCC)C(=CC(C)=O)c1occc1COC. The number of furan rings is 1. The first-order valence-electron chi connectivity index (χ1n) is 6.66. The Morgan fingerprint density at radius 2 is 1.95 bits per heavy atom. The molecular formula is C14H21O6P. The van der Waals surface area contributed by atoms with Crippen molar-refractivity contribution < 1.29 is 27.6 Å². The summed E-state index contributed by atoms with van der Waals surface area (Å²) in [5, 5.41) is 0.121. The van der Waals surface area contributed by atoms with E-state index in [1.54, 1.807) is 19.9 Å². The Balaban J connectivity index is 3.37. The van der Waals surface area contributed by atoms with Crippen molar-refractivity contribution in [3.8, 4) is 0 Å². The van der Waals surface area contributed by atoms with Crippen molar-refractivity contribution in [2.24, 2.45) is 0 Å². The van der Waals surface area contributed by atoms with Crippen molar-refractivity contribution in [2.75, 3.05) is 20.3 Å². The Bertz CT molecular complexity index is 535. The fourth-order valence-corrected chi connectivity index (χ4v) is 3.62. The summed E-state index contributed by atoms with van der Waals surface area (Å²) in [4.78, 5) is 11.5. The Kier molecular flexibility index (Phi) is 7.05. The number of hydrogen-bond donors (Lipinski definition) is 0. The van der Waals surface area contributed by atoms with Crippen LogP contribution < -0.4 is 0 Å². The molecule has 0 unspecified atom stereocenters. The molecule has 0 saturated heterocycles. The number of carbonyl (C=O) groups is 1. The molecule has 0 atom stereocenters. The van der Waals surface area contributed by atoms with E-state index >= 15 is 0 Å². The third-order valence-electron chi connectivity index (χ3n) is 2.51. The zero-order chi connectivity index (χ0) is 15.9. The van der Waals surface area contributed by atoms with Crippen LogP contribution in [0.4, 0.5) is 0 Å². The minimum absolute atomic E-state index is 0.121. The number of carbonyl (C=O) groups excluding carboxylic acids is 1. The quantitative estimate of drug-likeness (QED) is 0.511. The summed E-state index contributed by atoms with van der Waals surface area (Å²) >= 11 is 0. The van der Waals surface area contributed by atoms with Crippen LogP contribution in [0.25, 0.3) is 5.31 Å². The van der Waals surface area contributed by atoms with E-state index < -0.39 is 7.60 Å². The number of hydrogen-bond acceptors (Lipinski definition) is 6. The second-order valence-electron chi connectivity index (χ2n) is 4.18. The van der Waals surface area contributed by atoms with Gasteiger partial charge in [-0.15, -0.1) is 0 Å². The van der Waals surface area contributed by atoms with Gasteiger partial charge in [0.25, 0.3) is 0 Å². The predicted octanol–water partition coefficient (Wildman–Crippen LogP) is 3.62. The van der Waals surface area contributed by atoms with Crippen LogP contribution in [0.3, 0.4) is 0 Å². The minimum Gasteiger partial charge on any atom is -0.464 e. The van der Waals surface area contributed by atoms with Crippen LogP contribution in [0.5, 0.6) is 0 Å². The lowest BCUT2D eigenvalue weighted by molar-refractivity contribution is -0.112. The van der Waals surface area contributed by atoms with Crippen LogP contribution in [0.1, 0.15) is 32.1 Å². The van der Waals surface area contributed by atoms with Gasteiger partial charge in [0.15, 0.2) is 5.78 Å². The molecule has 0 radical (unpaired) electrons. The third kappa shape index (κ3) is 4.64. The highest BCUT2D eigenvalue weighted by Gasteiger charge is 2.34. The standard InChI is InChI=1S/C14H21O6P/c1-5-19-21(16,20-6-2)13(9-11(3)15)14-12(10-17-4)7-8-18-14/h7-9H,5-6,10H2,1-4H3. The van der Waals surface area contributed by atoms with E-state index in [1.807, 2.05) is 0 Å². The van der Waals surface area contributed by atoms with Gasteiger partial charge >= 0.3 is 7.60 Å². The minimum atomic E-state index is -3.63. The molecule has 0 saturated carbocycles. The van der Waals surface area contributed by atoms with Gasteiger partial charge in [0, 0.05) is 12.7 Å². The first-order chi connectivity index (χ1) is 9.98. The average molecular weight is 316 g/mol. The van der Waals surface area contributed by atoms with E-state index in [4.69, 9.17) is 18.2 Å². The summed E-state index contributed by atoms with van der Waals surface area (Å²) in [5.41, 5.74) is 0.671. The second kappa shape index (κ2) is 8.29. The zero-order valence-corrected chi connectivity index (χ0v) is 13.6. The van der Waals surface area contributed by atoms with Gasteiger partial charge in [-0.2, -0.15) is 0 Å². The van der Waals surface area contributed by atoms with Gasteiger partial charge in [-0.1, -0.05) is 0 Å². The molecule has 0 aromatic carbocycles. The molecule has 0 aliphatic rings. The monoisotopic (exact) mass is 316 g/mol. The van der Waals surface area contributed by atoms with Gasteiger partial charge in [0.05, 0.1) is 26.1 Å². The number of methoxy groups -OCH3 is 1. The number of ketones is 1. The summed E-state index contributed by atoms with van der Waals surface area (Å²) in [5.74, 6) is 0.0154. The number of allylic oxidation sites excluding steroid dienone is 1. The van der Waals surface area contributed by atoms with Crippen LogP contribution in [-0.4, -0.2) is 26.1 Å². The molecule has 1 rings (SSSR count). The largest absolute Gasteiger partial charge is 0.464 e. The first kappa shape index (κ1) is 17.9. The smallest absolute Gasteiger partial charge is 0.365 e. The lowest BCUT2D eigenvalue weighted by Gasteiger charge is -2.19. The molecule has 0 fully saturated rings. The second-order valence-corrected chi connectivity index (χ2v) is 6.17. The van der Waals surface area contributed by atoms with Crippen molar-refractivity contribution >= 4 is 18.7 Å². The summed E-state index contributed by atoms with van der Waals surface area (Å²) in [7, 11) is -2.09. The molecule has 7 heteroatoms. The zero-order valence-electron chi connectivity index (χ0n) is 12.8. The molecule has 0 bridgehead atoms. The molecule has 21 heavy (non-hydrogen) atoms. The number of ether oxygens (including phenoxy) is 1. The molecule has 0 N–H and O–H groups in total. The molecule has 1 heterocycles. The van der Waals surface area contributed by atoms with E-state index in [2.05, 4.69) is 0 Å². The van der Waals surface area contributed by atoms with Gasteiger partial charge in [-0.05, 0) is 32.9 Å². The third-order valence-corrected chi connectivity index (χ3v) is 4.63. The average Bonchev–Trinajstić information content (AvgIpc) is 2.84. The van der Waals surface area contributed by atoms with E-state index in [0.717, 1.165) is 0 Å². The Morgan fingerprint density at radius 3 is 2.43 bits per heavy atom.